The molecule has 1 atom stereocenters. The molecule has 0 bridgehead atoms. The first-order chi connectivity index (χ1) is 10.1. The maximum absolute atomic E-state index is 6.12. The van der Waals surface area contributed by atoms with E-state index in [0.717, 1.165) is 27.0 Å². The van der Waals surface area contributed by atoms with Gasteiger partial charge in [-0.25, -0.2) is 9.97 Å². The predicted molar refractivity (Wildman–Crippen MR) is 89.7 cm³/mol. The van der Waals surface area contributed by atoms with E-state index in [1.807, 2.05) is 31.3 Å². The van der Waals surface area contributed by atoms with Crippen LogP contribution in [0.25, 0.3) is 11.0 Å². The van der Waals surface area contributed by atoms with E-state index >= 15 is 0 Å². The van der Waals surface area contributed by atoms with Crippen molar-refractivity contribution in [2.75, 3.05) is 5.32 Å². The first-order valence-electron chi connectivity index (χ1n) is 6.55. The summed E-state index contributed by atoms with van der Waals surface area (Å²) < 4.78 is 2.97. The largest absolute Gasteiger partial charge is 0.373 e. The lowest BCUT2D eigenvalue weighted by atomic mass is 10.3. The van der Waals surface area contributed by atoms with Crippen molar-refractivity contribution < 1.29 is 0 Å². The van der Waals surface area contributed by atoms with Crippen LogP contribution in [0.4, 0.5) is 5.69 Å². The van der Waals surface area contributed by atoms with Crippen molar-refractivity contribution in [1.82, 2.24) is 14.5 Å². The number of halogens is 2. The van der Waals surface area contributed by atoms with Crippen LogP contribution in [0, 0.1) is 0 Å². The van der Waals surface area contributed by atoms with E-state index in [2.05, 4.69) is 48.8 Å². The number of anilines is 1. The second kappa shape index (κ2) is 5.66. The Balaban J connectivity index is 1.95. The fourth-order valence-corrected chi connectivity index (χ4v) is 2.86. The molecule has 2 aromatic heterocycles. The third-order valence-electron chi connectivity index (χ3n) is 3.39. The number of imidazole rings is 1. The first kappa shape index (κ1) is 14.4. The van der Waals surface area contributed by atoms with Gasteiger partial charge >= 0.3 is 0 Å². The van der Waals surface area contributed by atoms with Gasteiger partial charge in [-0.1, -0.05) is 23.7 Å². The molecular weight excluding hydrogens is 352 g/mol. The van der Waals surface area contributed by atoms with Crippen molar-refractivity contribution in [2.24, 2.45) is 7.05 Å². The van der Waals surface area contributed by atoms with Crippen molar-refractivity contribution >= 4 is 44.3 Å². The number of pyridine rings is 1. The van der Waals surface area contributed by atoms with Gasteiger partial charge in [0.1, 0.15) is 5.82 Å². The topological polar surface area (TPSA) is 42.7 Å². The summed E-state index contributed by atoms with van der Waals surface area (Å²) in [5.41, 5.74) is 2.88. The van der Waals surface area contributed by atoms with Crippen LogP contribution in [0.15, 0.2) is 41.0 Å². The zero-order chi connectivity index (χ0) is 15.0. The normalized spacial score (nSPS) is 12.6. The average molecular weight is 366 g/mol. The van der Waals surface area contributed by atoms with Crippen LogP contribution in [0.5, 0.6) is 0 Å². The summed E-state index contributed by atoms with van der Waals surface area (Å²) in [5, 5.41) is 3.81. The van der Waals surface area contributed by atoms with Gasteiger partial charge in [-0.05, 0) is 41.1 Å². The van der Waals surface area contributed by atoms with Gasteiger partial charge in [-0.3, -0.25) is 0 Å². The van der Waals surface area contributed by atoms with Crippen molar-refractivity contribution in [3.8, 4) is 0 Å². The van der Waals surface area contributed by atoms with Crippen molar-refractivity contribution in [1.29, 1.82) is 0 Å². The molecule has 108 valence electrons. The van der Waals surface area contributed by atoms with Gasteiger partial charge in [0.05, 0.1) is 22.8 Å². The maximum Gasteiger partial charge on any atom is 0.152 e. The van der Waals surface area contributed by atoms with Gasteiger partial charge < -0.3 is 9.88 Å². The molecule has 3 aromatic rings. The molecule has 1 aromatic carbocycles. The Hall–Kier alpha value is -1.59. The number of nitrogens with one attached hydrogen (secondary N) is 1. The summed E-state index contributed by atoms with van der Waals surface area (Å²) in [6, 6.07) is 10.0. The van der Waals surface area contributed by atoms with Crippen LogP contribution < -0.4 is 5.32 Å². The number of rotatable bonds is 3. The van der Waals surface area contributed by atoms with E-state index in [1.165, 1.54) is 0 Å². The molecule has 21 heavy (non-hydrogen) atoms. The standard InChI is InChI=1S/C15H14BrClN4/c1-9(19-12-7-10(16)8-18-14(12)17)15-20-11-5-3-4-6-13(11)21(15)2/h3-9,19H,1-2H3. The number of hydrogen-bond donors (Lipinski definition) is 1. The van der Waals surface area contributed by atoms with Gasteiger partial charge in [0.15, 0.2) is 5.15 Å². The lowest BCUT2D eigenvalue weighted by Gasteiger charge is -2.16. The summed E-state index contributed by atoms with van der Waals surface area (Å²) in [4.78, 5) is 8.81. The van der Waals surface area contributed by atoms with E-state index in [1.54, 1.807) is 6.20 Å². The zero-order valence-electron chi connectivity index (χ0n) is 11.6. The monoisotopic (exact) mass is 364 g/mol. The number of para-hydroxylation sites is 2. The summed E-state index contributed by atoms with van der Waals surface area (Å²) in [6.07, 6.45) is 1.67. The fourth-order valence-electron chi connectivity index (χ4n) is 2.37. The van der Waals surface area contributed by atoms with E-state index < -0.39 is 0 Å². The molecule has 4 nitrogen and oxygen atoms in total. The van der Waals surface area contributed by atoms with Crippen LogP contribution in [0.2, 0.25) is 5.15 Å². The maximum atomic E-state index is 6.12. The van der Waals surface area contributed by atoms with Crippen LogP contribution in [0.1, 0.15) is 18.8 Å². The van der Waals surface area contributed by atoms with Crippen LogP contribution in [-0.2, 0) is 7.05 Å². The van der Waals surface area contributed by atoms with Gasteiger partial charge in [0.2, 0.25) is 0 Å². The van der Waals surface area contributed by atoms with E-state index in [0.29, 0.717) is 5.15 Å². The van der Waals surface area contributed by atoms with Crippen LogP contribution in [0.3, 0.4) is 0 Å². The number of aromatic nitrogens is 3. The lowest BCUT2D eigenvalue weighted by molar-refractivity contribution is 0.733. The molecule has 2 heterocycles. The predicted octanol–water partition coefficient (Wildman–Crippen LogP) is 4.56. The SMILES string of the molecule is CC(Nc1cc(Br)cnc1Cl)c1nc2ccccc2n1C. The van der Waals surface area contributed by atoms with Crippen LogP contribution in [-0.4, -0.2) is 14.5 Å². The minimum absolute atomic E-state index is 0.0102. The molecule has 0 spiro atoms. The molecule has 0 aliphatic carbocycles. The number of nitrogens with zero attached hydrogens (tertiary/aromatic N) is 3. The highest BCUT2D eigenvalue weighted by Gasteiger charge is 2.15. The lowest BCUT2D eigenvalue weighted by Crippen LogP contribution is -2.12. The highest BCUT2D eigenvalue weighted by Crippen LogP contribution is 2.28. The molecule has 0 saturated carbocycles. The van der Waals surface area contributed by atoms with Gasteiger partial charge in [0.25, 0.3) is 0 Å². The molecule has 3 rings (SSSR count). The molecule has 0 aliphatic rings. The molecule has 0 fully saturated rings. The van der Waals surface area contributed by atoms with E-state index in [-0.39, 0.29) is 6.04 Å². The third-order valence-corrected chi connectivity index (χ3v) is 4.12. The highest BCUT2D eigenvalue weighted by atomic mass is 79.9. The quantitative estimate of drug-likeness (QED) is 0.692. The number of aryl methyl sites for hydroxylation is 1. The van der Waals surface area contributed by atoms with Crippen molar-refractivity contribution in [3.63, 3.8) is 0 Å². The van der Waals surface area contributed by atoms with Crippen molar-refractivity contribution in [2.45, 2.75) is 13.0 Å². The Kier molecular flexibility index (Phi) is 3.87. The number of benzene rings is 1. The molecule has 0 saturated heterocycles. The molecule has 6 heteroatoms. The van der Waals surface area contributed by atoms with E-state index in [9.17, 15) is 0 Å². The average Bonchev–Trinajstić information content (AvgIpc) is 2.81. The number of fused-ring (bicyclic) bond motifs is 1. The van der Waals surface area contributed by atoms with Gasteiger partial charge in [0, 0.05) is 17.7 Å². The zero-order valence-corrected chi connectivity index (χ0v) is 14.0. The molecule has 0 aliphatic heterocycles. The molecule has 1 N–H and O–H groups in total. The molecule has 0 radical (unpaired) electrons. The summed E-state index contributed by atoms with van der Waals surface area (Å²) >= 11 is 9.53. The smallest absolute Gasteiger partial charge is 0.152 e. The Morgan fingerprint density at radius 1 is 1.33 bits per heavy atom. The second-order valence-corrected chi connectivity index (χ2v) is 6.15. The Labute approximate surface area is 136 Å². The fraction of sp³-hybridized carbons (Fsp3) is 0.200. The Bertz CT molecular complexity index is 799. The first-order valence-corrected chi connectivity index (χ1v) is 7.72. The summed E-state index contributed by atoms with van der Waals surface area (Å²) in [5.74, 6) is 0.951. The van der Waals surface area contributed by atoms with Crippen LogP contribution >= 0.6 is 27.5 Å². The molecule has 0 amide bonds. The molecular formula is C15H14BrClN4. The second-order valence-electron chi connectivity index (χ2n) is 4.88. The van der Waals surface area contributed by atoms with Crippen molar-refractivity contribution in [3.05, 3.63) is 52.0 Å². The number of hydrogen-bond acceptors (Lipinski definition) is 3. The highest BCUT2D eigenvalue weighted by molar-refractivity contribution is 9.10. The molecule has 1 unspecified atom stereocenters. The Morgan fingerprint density at radius 3 is 2.86 bits per heavy atom. The van der Waals surface area contributed by atoms with Gasteiger partial charge in [-0.2, -0.15) is 0 Å². The minimum Gasteiger partial charge on any atom is -0.373 e. The summed E-state index contributed by atoms with van der Waals surface area (Å²) in [6.45, 7) is 2.05. The summed E-state index contributed by atoms with van der Waals surface area (Å²) in [7, 11) is 2.02. The minimum atomic E-state index is 0.0102. The Morgan fingerprint density at radius 2 is 2.10 bits per heavy atom. The van der Waals surface area contributed by atoms with E-state index in [4.69, 9.17) is 11.6 Å². The third kappa shape index (κ3) is 2.76. The van der Waals surface area contributed by atoms with Gasteiger partial charge in [-0.15, -0.1) is 0 Å².